The van der Waals surface area contributed by atoms with Gasteiger partial charge in [-0.05, 0) is 11.8 Å². The number of hydrogen-bond acceptors (Lipinski definition) is 3. The molecule has 0 spiro atoms. The van der Waals surface area contributed by atoms with E-state index >= 15 is 0 Å². The lowest BCUT2D eigenvalue weighted by Crippen LogP contribution is -2.42. The van der Waals surface area contributed by atoms with Crippen LogP contribution in [0.1, 0.15) is 20.8 Å². The Kier molecular flexibility index (Phi) is 7.04. The zero-order valence-electron chi connectivity index (χ0n) is 10.5. The van der Waals surface area contributed by atoms with Crippen molar-refractivity contribution in [3.05, 3.63) is 0 Å². The molecule has 0 heterocycles. The van der Waals surface area contributed by atoms with Crippen molar-refractivity contribution in [1.29, 1.82) is 0 Å². The second-order valence-corrected chi connectivity index (χ2v) is 7.01. The molecule has 7 heteroatoms. The third-order valence-electron chi connectivity index (χ3n) is 2.05. The van der Waals surface area contributed by atoms with E-state index in [9.17, 15) is 13.2 Å². The van der Waals surface area contributed by atoms with Gasteiger partial charge in [-0.15, -0.1) is 11.6 Å². The van der Waals surface area contributed by atoms with Crippen molar-refractivity contribution in [2.75, 3.05) is 24.7 Å². The highest BCUT2D eigenvalue weighted by Crippen LogP contribution is 2.11. The number of sulfonamides is 1. The third-order valence-corrected chi connectivity index (χ3v) is 4.63. The highest BCUT2D eigenvalue weighted by molar-refractivity contribution is 7.89. The quantitative estimate of drug-likeness (QED) is 0.664. The number of amides is 1. The SMILES string of the molecule is CC(C)CN(CC(N)=O)S(=O)(=O)CC(C)CCl. The Bertz CT molecular complexity index is 343. The molecule has 0 fully saturated rings. The van der Waals surface area contributed by atoms with Gasteiger partial charge in [-0.1, -0.05) is 20.8 Å². The number of carbonyl (C=O) groups excluding carboxylic acids is 1. The van der Waals surface area contributed by atoms with E-state index in [0.29, 0.717) is 6.54 Å². The van der Waals surface area contributed by atoms with Crippen molar-refractivity contribution in [2.24, 2.45) is 17.6 Å². The van der Waals surface area contributed by atoms with Crippen LogP contribution in [0.15, 0.2) is 0 Å². The molecule has 0 bridgehead atoms. The van der Waals surface area contributed by atoms with E-state index in [4.69, 9.17) is 17.3 Å². The fourth-order valence-corrected chi connectivity index (χ4v) is 3.50. The topological polar surface area (TPSA) is 80.5 Å². The van der Waals surface area contributed by atoms with Gasteiger partial charge < -0.3 is 5.73 Å². The van der Waals surface area contributed by atoms with Crippen LogP contribution >= 0.6 is 11.6 Å². The fraction of sp³-hybridized carbons (Fsp3) is 0.900. The van der Waals surface area contributed by atoms with Crippen LogP contribution in [-0.2, 0) is 14.8 Å². The molecule has 0 aliphatic rings. The Morgan fingerprint density at radius 2 is 1.88 bits per heavy atom. The summed E-state index contributed by atoms with van der Waals surface area (Å²) in [7, 11) is -3.48. The predicted octanol–water partition coefficient (Wildman–Crippen LogP) is 0.634. The van der Waals surface area contributed by atoms with Crippen LogP contribution in [0.4, 0.5) is 0 Å². The predicted molar refractivity (Wildman–Crippen MR) is 69.3 cm³/mol. The molecular weight excluding hydrogens is 264 g/mol. The molecule has 0 aliphatic heterocycles. The lowest BCUT2D eigenvalue weighted by Gasteiger charge is -2.23. The standard InChI is InChI=1S/C10H21ClN2O3S/c1-8(2)5-13(6-10(12)14)17(15,16)7-9(3)4-11/h8-9H,4-7H2,1-3H3,(H2,12,14). The minimum absolute atomic E-state index is 0.0590. The van der Waals surface area contributed by atoms with E-state index in [1.54, 1.807) is 6.92 Å². The van der Waals surface area contributed by atoms with Crippen LogP contribution in [0, 0.1) is 11.8 Å². The Hall–Kier alpha value is -0.330. The molecule has 0 saturated heterocycles. The maximum atomic E-state index is 12.0. The van der Waals surface area contributed by atoms with Gasteiger partial charge in [-0.2, -0.15) is 4.31 Å². The number of halogens is 1. The van der Waals surface area contributed by atoms with Crippen LogP contribution in [0.25, 0.3) is 0 Å². The minimum Gasteiger partial charge on any atom is -0.369 e. The number of hydrogen-bond donors (Lipinski definition) is 1. The lowest BCUT2D eigenvalue weighted by molar-refractivity contribution is -0.118. The van der Waals surface area contributed by atoms with Gasteiger partial charge in [0, 0.05) is 12.4 Å². The molecule has 0 saturated carbocycles. The molecule has 0 aromatic rings. The average Bonchev–Trinajstić information content (AvgIpc) is 2.14. The molecule has 5 nitrogen and oxygen atoms in total. The molecule has 0 aromatic carbocycles. The summed E-state index contributed by atoms with van der Waals surface area (Å²) >= 11 is 5.60. The Morgan fingerprint density at radius 1 is 1.35 bits per heavy atom. The highest BCUT2D eigenvalue weighted by atomic mass is 35.5. The minimum atomic E-state index is -3.48. The number of nitrogens with zero attached hydrogens (tertiary/aromatic N) is 1. The van der Waals surface area contributed by atoms with Crippen molar-refractivity contribution in [3.63, 3.8) is 0 Å². The van der Waals surface area contributed by atoms with Gasteiger partial charge in [-0.25, -0.2) is 8.42 Å². The number of alkyl halides is 1. The first-order chi connectivity index (χ1) is 7.69. The monoisotopic (exact) mass is 284 g/mol. The van der Waals surface area contributed by atoms with Crippen LogP contribution in [0.3, 0.4) is 0 Å². The zero-order valence-corrected chi connectivity index (χ0v) is 12.1. The molecule has 0 radical (unpaired) electrons. The number of carbonyl (C=O) groups is 1. The second kappa shape index (κ2) is 7.18. The van der Waals surface area contributed by atoms with Gasteiger partial charge in [0.15, 0.2) is 0 Å². The zero-order chi connectivity index (χ0) is 13.6. The first kappa shape index (κ1) is 16.7. The van der Waals surface area contributed by atoms with Crippen molar-refractivity contribution in [3.8, 4) is 0 Å². The molecule has 0 aromatic heterocycles. The van der Waals surface area contributed by atoms with Gasteiger partial charge in [0.1, 0.15) is 0 Å². The molecule has 17 heavy (non-hydrogen) atoms. The summed E-state index contributed by atoms with van der Waals surface area (Å²) in [6.45, 7) is 5.54. The van der Waals surface area contributed by atoms with Crippen LogP contribution in [-0.4, -0.2) is 43.4 Å². The number of nitrogens with two attached hydrogens (primary N) is 1. The lowest BCUT2D eigenvalue weighted by atomic mass is 10.2. The van der Waals surface area contributed by atoms with E-state index in [1.807, 2.05) is 13.8 Å². The van der Waals surface area contributed by atoms with Crippen molar-refractivity contribution >= 4 is 27.5 Å². The molecule has 2 N–H and O–H groups in total. The smallest absolute Gasteiger partial charge is 0.232 e. The third kappa shape index (κ3) is 6.85. The maximum absolute atomic E-state index is 12.0. The summed E-state index contributed by atoms with van der Waals surface area (Å²) in [6, 6.07) is 0. The molecular formula is C10H21ClN2O3S. The van der Waals surface area contributed by atoms with Gasteiger partial charge in [0.2, 0.25) is 15.9 Å². The van der Waals surface area contributed by atoms with E-state index in [0.717, 1.165) is 4.31 Å². The van der Waals surface area contributed by atoms with E-state index < -0.39 is 15.9 Å². The van der Waals surface area contributed by atoms with Gasteiger partial charge in [0.05, 0.1) is 12.3 Å². The normalized spacial score (nSPS) is 14.2. The number of primary amides is 1. The second-order valence-electron chi connectivity index (χ2n) is 4.69. The average molecular weight is 285 g/mol. The van der Waals surface area contributed by atoms with Crippen LogP contribution in [0.2, 0.25) is 0 Å². The Morgan fingerprint density at radius 3 is 2.24 bits per heavy atom. The highest BCUT2D eigenvalue weighted by Gasteiger charge is 2.26. The first-order valence-corrected chi connectivity index (χ1v) is 7.65. The summed E-state index contributed by atoms with van der Waals surface area (Å²) in [5.74, 6) is -0.450. The van der Waals surface area contributed by atoms with Gasteiger partial charge >= 0.3 is 0 Å². The van der Waals surface area contributed by atoms with Crippen molar-refractivity contribution < 1.29 is 13.2 Å². The Balaban J connectivity index is 4.82. The molecule has 102 valence electrons. The summed E-state index contributed by atoms with van der Waals surface area (Å²) < 4.78 is 25.2. The molecule has 1 atom stereocenters. The van der Waals surface area contributed by atoms with Crippen LogP contribution in [0.5, 0.6) is 0 Å². The summed E-state index contributed by atoms with van der Waals surface area (Å²) in [4.78, 5) is 10.9. The largest absolute Gasteiger partial charge is 0.369 e. The fourth-order valence-electron chi connectivity index (χ4n) is 1.37. The first-order valence-electron chi connectivity index (χ1n) is 5.51. The van der Waals surface area contributed by atoms with E-state index in [-0.39, 0.29) is 30.0 Å². The van der Waals surface area contributed by atoms with Crippen molar-refractivity contribution in [2.45, 2.75) is 20.8 Å². The summed E-state index contributed by atoms with van der Waals surface area (Å²) in [6.07, 6.45) is 0. The summed E-state index contributed by atoms with van der Waals surface area (Å²) in [5.41, 5.74) is 5.06. The molecule has 0 rings (SSSR count). The van der Waals surface area contributed by atoms with Crippen LogP contribution < -0.4 is 5.73 Å². The van der Waals surface area contributed by atoms with E-state index in [1.165, 1.54) is 0 Å². The molecule has 1 amide bonds. The van der Waals surface area contributed by atoms with Crippen molar-refractivity contribution in [1.82, 2.24) is 4.31 Å². The summed E-state index contributed by atoms with van der Waals surface area (Å²) in [5, 5.41) is 0. The Labute approximate surface area is 108 Å². The molecule has 1 unspecified atom stereocenters. The van der Waals surface area contributed by atoms with Gasteiger partial charge in [-0.3, -0.25) is 4.79 Å². The maximum Gasteiger partial charge on any atom is 0.232 e. The van der Waals surface area contributed by atoms with E-state index in [2.05, 4.69) is 0 Å². The van der Waals surface area contributed by atoms with Gasteiger partial charge in [0.25, 0.3) is 0 Å². The number of rotatable bonds is 8. The molecule has 0 aliphatic carbocycles.